The lowest BCUT2D eigenvalue weighted by Gasteiger charge is -2.19. The quantitative estimate of drug-likeness (QED) is 0.403. The van der Waals surface area contributed by atoms with E-state index in [-0.39, 0.29) is 6.16 Å². The first-order valence-electron chi connectivity index (χ1n) is 8.86. The summed E-state index contributed by atoms with van der Waals surface area (Å²) in [5.74, 6) is 5.66. The van der Waals surface area contributed by atoms with Crippen LogP contribution in [0.3, 0.4) is 0 Å². The highest BCUT2D eigenvalue weighted by molar-refractivity contribution is 7.78. The molecule has 3 aromatic rings. The lowest BCUT2D eigenvalue weighted by atomic mass is 10.1. The summed E-state index contributed by atoms with van der Waals surface area (Å²) in [7, 11) is -2.98. The third-order valence-corrected chi connectivity index (χ3v) is 7.45. The van der Waals surface area contributed by atoms with Crippen molar-refractivity contribution in [2.24, 2.45) is 0 Å². The SMILES string of the molecule is C=C(C#Cc1ccc(C(F)(F)F)cc1)CP(=O)(c1ccccc1)c1ccccc1. The summed E-state index contributed by atoms with van der Waals surface area (Å²) in [5.41, 5.74) is 0.175. The van der Waals surface area contributed by atoms with Crippen LogP contribution < -0.4 is 10.6 Å². The molecule has 0 amide bonds. The molecule has 1 nitrogen and oxygen atoms in total. The Morgan fingerprint density at radius 3 is 1.76 bits per heavy atom. The zero-order chi connectivity index (χ0) is 20.9. The van der Waals surface area contributed by atoms with Crippen molar-refractivity contribution in [3.63, 3.8) is 0 Å². The first-order chi connectivity index (χ1) is 13.8. The molecule has 0 spiro atoms. The van der Waals surface area contributed by atoms with E-state index >= 15 is 0 Å². The van der Waals surface area contributed by atoms with Gasteiger partial charge in [0.05, 0.1) is 5.56 Å². The van der Waals surface area contributed by atoms with E-state index in [2.05, 4.69) is 18.4 Å². The molecule has 0 aromatic heterocycles. The van der Waals surface area contributed by atoms with Crippen LogP contribution in [0.1, 0.15) is 11.1 Å². The Morgan fingerprint density at radius 1 is 0.828 bits per heavy atom. The molecule has 0 aliphatic rings. The van der Waals surface area contributed by atoms with Crippen molar-refractivity contribution in [1.82, 2.24) is 0 Å². The maximum atomic E-state index is 13.9. The molecule has 0 heterocycles. The normalized spacial score (nSPS) is 11.4. The second kappa shape index (κ2) is 8.55. The Kier molecular flexibility index (Phi) is 6.11. The van der Waals surface area contributed by atoms with Crippen molar-refractivity contribution in [3.05, 3.63) is 108 Å². The smallest absolute Gasteiger partial charge is 0.313 e. The number of rotatable bonds is 4. The van der Waals surface area contributed by atoms with Gasteiger partial charge in [-0.15, -0.1) is 0 Å². The van der Waals surface area contributed by atoms with Gasteiger partial charge in [0.15, 0.2) is 0 Å². The minimum atomic E-state index is -4.38. The fourth-order valence-corrected chi connectivity index (χ4v) is 5.47. The van der Waals surface area contributed by atoms with E-state index in [9.17, 15) is 17.7 Å². The van der Waals surface area contributed by atoms with Gasteiger partial charge in [0, 0.05) is 27.9 Å². The monoisotopic (exact) mass is 410 g/mol. The van der Waals surface area contributed by atoms with Crippen molar-refractivity contribution in [3.8, 4) is 11.8 Å². The predicted molar refractivity (Wildman–Crippen MR) is 112 cm³/mol. The molecule has 0 unspecified atom stereocenters. The Bertz CT molecular complexity index is 1050. The molecule has 0 saturated heterocycles. The summed E-state index contributed by atoms with van der Waals surface area (Å²) in [4.78, 5) is 0. The molecular formula is C24H18F3OP. The third-order valence-electron chi connectivity index (χ3n) is 4.36. The Morgan fingerprint density at radius 2 is 1.31 bits per heavy atom. The maximum Gasteiger partial charge on any atom is 0.416 e. The highest BCUT2D eigenvalue weighted by Crippen LogP contribution is 2.44. The molecule has 0 radical (unpaired) electrons. The second-order valence-electron chi connectivity index (χ2n) is 6.50. The minimum Gasteiger partial charge on any atom is -0.313 e. The Balaban J connectivity index is 1.86. The fraction of sp³-hybridized carbons (Fsp3) is 0.0833. The van der Waals surface area contributed by atoms with Gasteiger partial charge in [0.2, 0.25) is 0 Å². The highest BCUT2D eigenvalue weighted by atomic mass is 31.2. The van der Waals surface area contributed by atoms with Gasteiger partial charge >= 0.3 is 6.18 Å². The lowest BCUT2D eigenvalue weighted by molar-refractivity contribution is -0.137. The molecule has 0 aliphatic heterocycles. The van der Waals surface area contributed by atoms with Gasteiger partial charge < -0.3 is 4.57 Å². The van der Waals surface area contributed by atoms with Crippen LogP contribution in [0, 0.1) is 11.8 Å². The lowest BCUT2D eigenvalue weighted by Crippen LogP contribution is -2.18. The van der Waals surface area contributed by atoms with E-state index in [4.69, 9.17) is 0 Å². The van der Waals surface area contributed by atoms with Crippen LogP contribution in [0.15, 0.2) is 97.1 Å². The summed E-state index contributed by atoms with van der Waals surface area (Å²) in [6.07, 6.45) is -4.22. The van der Waals surface area contributed by atoms with Crippen LogP contribution in [-0.4, -0.2) is 6.16 Å². The molecule has 3 rings (SSSR count). The third kappa shape index (κ3) is 5.08. The Hall–Kier alpha value is -3.02. The average Bonchev–Trinajstić information content (AvgIpc) is 2.73. The largest absolute Gasteiger partial charge is 0.416 e. The van der Waals surface area contributed by atoms with Crippen molar-refractivity contribution in [2.45, 2.75) is 6.18 Å². The van der Waals surface area contributed by atoms with Crippen LogP contribution in [0.4, 0.5) is 13.2 Å². The van der Waals surface area contributed by atoms with Gasteiger partial charge in [-0.3, -0.25) is 0 Å². The van der Waals surface area contributed by atoms with Crippen LogP contribution >= 0.6 is 7.14 Å². The zero-order valence-corrected chi connectivity index (χ0v) is 16.4. The fourth-order valence-electron chi connectivity index (χ4n) is 2.88. The van der Waals surface area contributed by atoms with E-state index in [1.54, 1.807) is 0 Å². The van der Waals surface area contributed by atoms with Gasteiger partial charge in [-0.2, -0.15) is 13.2 Å². The number of hydrogen-bond acceptors (Lipinski definition) is 1. The molecule has 0 aliphatic carbocycles. The maximum absolute atomic E-state index is 13.9. The van der Waals surface area contributed by atoms with Crippen LogP contribution in [0.2, 0.25) is 0 Å². The number of alkyl halides is 3. The van der Waals surface area contributed by atoms with Gasteiger partial charge in [0.25, 0.3) is 0 Å². The van der Waals surface area contributed by atoms with Crippen LogP contribution in [0.5, 0.6) is 0 Å². The molecule has 0 saturated carbocycles. The average molecular weight is 410 g/mol. The summed E-state index contributed by atoms with van der Waals surface area (Å²) < 4.78 is 51.9. The first kappa shape index (κ1) is 20.7. The summed E-state index contributed by atoms with van der Waals surface area (Å²) >= 11 is 0. The summed E-state index contributed by atoms with van der Waals surface area (Å²) in [6, 6.07) is 23.0. The molecule has 3 aromatic carbocycles. The standard InChI is InChI=1S/C24H18F3OP/c1-19(12-13-20-14-16-21(17-15-20)24(25,26)27)18-29(28,22-8-4-2-5-9-22)23-10-6-3-7-11-23/h2-11,14-17H,1,18H2. The molecule has 0 N–H and O–H groups in total. The molecule has 0 atom stereocenters. The molecule has 0 bridgehead atoms. The molecule has 29 heavy (non-hydrogen) atoms. The first-order valence-corrected chi connectivity index (χ1v) is 10.8. The van der Waals surface area contributed by atoms with Crippen LogP contribution in [0.25, 0.3) is 0 Å². The van der Waals surface area contributed by atoms with Crippen molar-refractivity contribution >= 4 is 17.8 Å². The minimum absolute atomic E-state index is 0.161. The summed E-state index contributed by atoms with van der Waals surface area (Å²) in [6.45, 7) is 3.94. The van der Waals surface area contributed by atoms with Crippen molar-refractivity contribution in [2.75, 3.05) is 6.16 Å². The van der Waals surface area contributed by atoms with E-state index in [0.717, 1.165) is 12.1 Å². The predicted octanol–water partition coefficient (Wildman–Crippen LogP) is 5.63. The highest BCUT2D eigenvalue weighted by Gasteiger charge is 2.30. The molecule has 0 fully saturated rings. The van der Waals surface area contributed by atoms with Gasteiger partial charge in [-0.1, -0.05) is 79.1 Å². The van der Waals surface area contributed by atoms with Crippen molar-refractivity contribution < 1.29 is 17.7 Å². The number of allylic oxidation sites excluding steroid dienone is 1. The van der Waals surface area contributed by atoms with E-state index in [1.165, 1.54) is 12.1 Å². The summed E-state index contributed by atoms with van der Waals surface area (Å²) in [5, 5.41) is 1.42. The molecule has 146 valence electrons. The molecule has 5 heteroatoms. The molecular weight excluding hydrogens is 392 g/mol. The number of halogens is 3. The topological polar surface area (TPSA) is 17.1 Å². The Labute approximate surface area is 168 Å². The van der Waals surface area contributed by atoms with Crippen molar-refractivity contribution in [1.29, 1.82) is 0 Å². The zero-order valence-electron chi connectivity index (χ0n) is 15.5. The van der Waals surface area contributed by atoms with E-state index in [1.807, 2.05) is 60.7 Å². The van der Waals surface area contributed by atoms with Crippen LogP contribution in [-0.2, 0) is 10.7 Å². The van der Waals surface area contributed by atoms with Gasteiger partial charge in [0.1, 0.15) is 7.14 Å². The van der Waals surface area contributed by atoms with Gasteiger partial charge in [-0.25, -0.2) is 0 Å². The van der Waals surface area contributed by atoms with E-state index < -0.39 is 18.9 Å². The second-order valence-corrected chi connectivity index (χ2v) is 9.33. The van der Waals surface area contributed by atoms with Gasteiger partial charge in [-0.05, 0) is 24.3 Å². The number of hydrogen-bond donors (Lipinski definition) is 0. The number of benzene rings is 3. The van der Waals surface area contributed by atoms with E-state index in [0.29, 0.717) is 21.7 Å².